The number of benzene rings is 2. The van der Waals surface area contributed by atoms with Crippen molar-refractivity contribution in [2.24, 2.45) is 0 Å². The van der Waals surface area contributed by atoms with Gasteiger partial charge in [0.2, 0.25) is 17.6 Å². The number of nitrogens with one attached hydrogen (secondary N) is 1. The van der Waals surface area contributed by atoms with Crippen molar-refractivity contribution < 1.29 is 32.0 Å². The zero-order chi connectivity index (χ0) is 22.9. The minimum absolute atomic E-state index is 0.0501. The molecule has 7 nitrogen and oxygen atoms in total. The molecule has 0 radical (unpaired) electrons. The van der Waals surface area contributed by atoms with E-state index in [2.05, 4.69) is 20.2 Å². The molecule has 3 rings (SSSR count). The zero-order valence-corrected chi connectivity index (χ0v) is 17.3. The summed E-state index contributed by atoms with van der Waals surface area (Å²) in [6.45, 7) is -2.61. The van der Waals surface area contributed by atoms with E-state index in [-0.39, 0.29) is 29.6 Å². The fraction of sp³-hybridized carbons (Fsp3) is 0.318. The first kappa shape index (κ1) is 23.1. The third kappa shape index (κ3) is 6.73. The van der Waals surface area contributed by atoms with Gasteiger partial charge >= 0.3 is 6.61 Å². The molecule has 10 heteroatoms. The van der Waals surface area contributed by atoms with Gasteiger partial charge in [-0.3, -0.25) is 4.79 Å². The standard InChI is InChI=1S/C22H22F3N3O4/c1-30-17-10-5-14(13-18(17)31-22(24)25)11-12-26-19(29)3-2-4-20-27-21(28-32-20)15-6-8-16(23)9-7-15/h5-10,13,22H,2-4,11-12H2,1H3,(H,26,29). The highest BCUT2D eigenvalue weighted by Crippen LogP contribution is 2.29. The van der Waals surface area contributed by atoms with Gasteiger partial charge in [0, 0.05) is 24.9 Å². The number of halogens is 3. The quantitative estimate of drug-likeness (QED) is 0.473. The summed E-state index contributed by atoms with van der Waals surface area (Å²) in [5.41, 5.74) is 1.36. The van der Waals surface area contributed by atoms with Gasteiger partial charge in [-0.1, -0.05) is 11.2 Å². The molecule has 32 heavy (non-hydrogen) atoms. The summed E-state index contributed by atoms with van der Waals surface area (Å²) in [5, 5.41) is 6.64. The summed E-state index contributed by atoms with van der Waals surface area (Å²) in [5.74, 6) is 0.409. The molecule has 0 atom stereocenters. The van der Waals surface area contributed by atoms with E-state index in [1.54, 1.807) is 24.3 Å². The Morgan fingerprint density at radius 1 is 1.12 bits per heavy atom. The van der Waals surface area contributed by atoms with Crippen molar-refractivity contribution in [1.29, 1.82) is 0 Å². The van der Waals surface area contributed by atoms with Crippen molar-refractivity contribution in [3.8, 4) is 22.9 Å². The molecule has 0 saturated heterocycles. The minimum atomic E-state index is -2.95. The van der Waals surface area contributed by atoms with Gasteiger partial charge in [-0.25, -0.2) is 4.39 Å². The smallest absolute Gasteiger partial charge is 0.387 e. The number of nitrogens with zero attached hydrogens (tertiary/aromatic N) is 2. The summed E-state index contributed by atoms with van der Waals surface area (Å²) in [7, 11) is 1.37. The normalized spacial score (nSPS) is 10.9. The van der Waals surface area contributed by atoms with Crippen molar-refractivity contribution in [2.45, 2.75) is 32.3 Å². The molecule has 1 amide bonds. The van der Waals surface area contributed by atoms with E-state index in [0.29, 0.717) is 43.1 Å². The van der Waals surface area contributed by atoms with Crippen LogP contribution in [-0.4, -0.2) is 36.3 Å². The summed E-state index contributed by atoms with van der Waals surface area (Å²) in [6, 6.07) is 10.5. The second-order valence-corrected chi connectivity index (χ2v) is 6.84. The Kier molecular flexibility index (Phi) is 8.07. The van der Waals surface area contributed by atoms with Crippen molar-refractivity contribution in [2.75, 3.05) is 13.7 Å². The SMILES string of the molecule is COc1ccc(CCNC(=O)CCCc2nc(-c3ccc(F)cc3)no2)cc1OC(F)F. The molecule has 1 N–H and O–H groups in total. The lowest BCUT2D eigenvalue weighted by molar-refractivity contribution is -0.121. The van der Waals surface area contributed by atoms with Crippen LogP contribution < -0.4 is 14.8 Å². The van der Waals surface area contributed by atoms with Crippen LogP contribution in [0.1, 0.15) is 24.3 Å². The van der Waals surface area contributed by atoms with Gasteiger partial charge in [0.25, 0.3) is 0 Å². The largest absolute Gasteiger partial charge is 0.493 e. The molecule has 0 bridgehead atoms. The molecule has 170 valence electrons. The van der Waals surface area contributed by atoms with Crippen LogP contribution in [0.2, 0.25) is 0 Å². The number of methoxy groups -OCH3 is 1. The number of hydrogen-bond acceptors (Lipinski definition) is 6. The van der Waals surface area contributed by atoms with Crippen LogP contribution in [0.3, 0.4) is 0 Å². The van der Waals surface area contributed by atoms with Crippen LogP contribution in [-0.2, 0) is 17.6 Å². The molecule has 1 heterocycles. The number of rotatable bonds is 11. The van der Waals surface area contributed by atoms with Crippen molar-refractivity contribution in [3.63, 3.8) is 0 Å². The third-order valence-corrected chi connectivity index (χ3v) is 4.54. The van der Waals surface area contributed by atoms with Gasteiger partial charge in [-0.15, -0.1) is 0 Å². The fourth-order valence-corrected chi connectivity index (χ4v) is 2.97. The van der Waals surface area contributed by atoms with Crippen LogP contribution in [0.5, 0.6) is 11.5 Å². The molecule has 3 aromatic rings. The summed E-state index contributed by atoms with van der Waals surface area (Å²) in [6.07, 6.45) is 1.64. The van der Waals surface area contributed by atoms with Gasteiger partial charge in [-0.05, 0) is 54.8 Å². The molecule has 0 spiro atoms. The van der Waals surface area contributed by atoms with Crippen molar-refractivity contribution in [1.82, 2.24) is 15.5 Å². The lowest BCUT2D eigenvalue weighted by atomic mass is 10.1. The van der Waals surface area contributed by atoms with Crippen LogP contribution in [0.15, 0.2) is 47.0 Å². The number of carbonyl (C=O) groups is 1. The Morgan fingerprint density at radius 3 is 2.62 bits per heavy atom. The molecule has 2 aromatic carbocycles. The first-order chi connectivity index (χ1) is 15.4. The Labute approximate surface area is 182 Å². The van der Waals surface area contributed by atoms with E-state index in [4.69, 9.17) is 9.26 Å². The van der Waals surface area contributed by atoms with E-state index < -0.39 is 6.61 Å². The Morgan fingerprint density at radius 2 is 1.91 bits per heavy atom. The maximum Gasteiger partial charge on any atom is 0.387 e. The predicted molar refractivity (Wildman–Crippen MR) is 109 cm³/mol. The number of aryl methyl sites for hydroxylation is 1. The van der Waals surface area contributed by atoms with Gasteiger partial charge in [0.15, 0.2) is 11.5 Å². The third-order valence-electron chi connectivity index (χ3n) is 4.54. The highest BCUT2D eigenvalue weighted by molar-refractivity contribution is 5.75. The van der Waals surface area contributed by atoms with Gasteiger partial charge in [-0.2, -0.15) is 13.8 Å². The lowest BCUT2D eigenvalue weighted by Crippen LogP contribution is -2.25. The molecule has 0 saturated carbocycles. The number of carbonyl (C=O) groups excluding carboxylic acids is 1. The van der Waals surface area contributed by atoms with E-state index in [9.17, 15) is 18.0 Å². The molecular weight excluding hydrogens is 427 g/mol. The maximum absolute atomic E-state index is 13.0. The van der Waals surface area contributed by atoms with Crippen molar-refractivity contribution in [3.05, 3.63) is 59.7 Å². The second kappa shape index (κ2) is 11.2. The number of amides is 1. The number of ether oxygens (including phenoxy) is 2. The van der Waals surface area contributed by atoms with Crippen LogP contribution in [0.4, 0.5) is 13.2 Å². The zero-order valence-electron chi connectivity index (χ0n) is 17.3. The van der Waals surface area contributed by atoms with E-state index in [1.807, 2.05) is 0 Å². The monoisotopic (exact) mass is 449 g/mol. The van der Waals surface area contributed by atoms with Crippen LogP contribution in [0, 0.1) is 5.82 Å². The van der Waals surface area contributed by atoms with E-state index >= 15 is 0 Å². The minimum Gasteiger partial charge on any atom is -0.493 e. The molecule has 1 aromatic heterocycles. The van der Waals surface area contributed by atoms with Gasteiger partial charge in [0.05, 0.1) is 7.11 Å². The molecule has 0 aliphatic heterocycles. The lowest BCUT2D eigenvalue weighted by Gasteiger charge is -2.12. The van der Waals surface area contributed by atoms with Crippen molar-refractivity contribution >= 4 is 5.91 Å². The Bertz CT molecular complexity index is 1030. The fourth-order valence-electron chi connectivity index (χ4n) is 2.97. The van der Waals surface area contributed by atoms with Gasteiger partial charge in [0.1, 0.15) is 5.82 Å². The Balaban J connectivity index is 1.40. The van der Waals surface area contributed by atoms with Crippen LogP contribution in [0.25, 0.3) is 11.4 Å². The second-order valence-electron chi connectivity index (χ2n) is 6.84. The highest BCUT2D eigenvalue weighted by Gasteiger charge is 2.12. The molecule has 0 fully saturated rings. The highest BCUT2D eigenvalue weighted by atomic mass is 19.3. The summed E-state index contributed by atoms with van der Waals surface area (Å²) in [4.78, 5) is 16.3. The number of aromatic nitrogens is 2. The number of alkyl halides is 2. The Hall–Kier alpha value is -3.56. The van der Waals surface area contributed by atoms with E-state index in [1.165, 1.54) is 25.3 Å². The first-order valence-corrected chi connectivity index (χ1v) is 9.91. The molecular formula is C22H22F3N3O4. The average molecular weight is 449 g/mol. The summed E-state index contributed by atoms with van der Waals surface area (Å²) >= 11 is 0. The average Bonchev–Trinajstić information content (AvgIpc) is 3.23. The molecule has 0 aliphatic carbocycles. The van der Waals surface area contributed by atoms with E-state index in [0.717, 1.165) is 5.56 Å². The maximum atomic E-state index is 13.0. The molecule has 0 unspecified atom stereocenters. The first-order valence-electron chi connectivity index (χ1n) is 9.91. The van der Waals surface area contributed by atoms with Gasteiger partial charge < -0.3 is 19.3 Å². The summed E-state index contributed by atoms with van der Waals surface area (Å²) < 4.78 is 52.6. The number of hydrogen-bond donors (Lipinski definition) is 1. The molecule has 0 aliphatic rings. The van der Waals surface area contributed by atoms with Crippen LogP contribution >= 0.6 is 0 Å². The predicted octanol–water partition coefficient (Wildman–Crippen LogP) is 4.17. The topological polar surface area (TPSA) is 86.5 Å².